The van der Waals surface area contributed by atoms with Crippen molar-refractivity contribution in [1.82, 2.24) is 19.7 Å². The monoisotopic (exact) mass is 322 g/mol. The molecule has 2 aromatic heterocycles. The lowest BCUT2D eigenvalue weighted by molar-refractivity contribution is 0.553. The van der Waals surface area contributed by atoms with Crippen LogP contribution in [-0.4, -0.2) is 19.7 Å². The maximum atomic E-state index is 4.71. The van der Waals surface area contributed by atoms with Gasteiger partial charge in [-0.2, -0.15) is 5.10 Å². The van der Waals surface area contributed by atoms with Gasteiger partial charge in [0.25, 0.3) is 0 Å². The topological polar surface area (TPSA) is 43.6 Å². The molecule has 0 bridgehead atoms. The standard InChI is InChI=1S/C20H26N4/c1-2-3-13-19-21-15-18-16-22-24(20(18)23-19)14-9-5-8-12-17-10-6-4-7-11-17/h4,6-7,10-11,15-16H,2-3,5,8-9,12-14H2,1H3. The molecule has 0 aliphatic heterocycles. The summed E-state index contributed by atoms with van der Waals surface area (Å²) in [7, 11) is 0. The van der Waals surface area contributed by atoms with E-state index in [0.29, 0.717) is 0 Å². The zero-order chi connectivity index (χ0) is 16.6. The number of aromatic nitrogens is 4. The summed E-state index contributed by atoms with van der Waals surface area (Å²) in [5, 5.41) is 5.53. The van der Waals surface area contributed by atoms with Crippen LogP contribution in [0.2, 0.25) is 0 Å². The number of unbranched alkanes of at least 4 members (excludes halogenated alkanes) is 3. The largest absolute Gasteiger partial charge is 0.247 e. The number of rotatable bonds is 9. The van der Waals surface area contributed by atoms with Crippen LogP contribution in [-0.2, 0) is 19.4 Å². The number of aryl methyl sites for hydroxylation is 3. The third-order valence-electron chi connectivity index (χ3n) is 4.36. The maximum absolute atomic E-state index is 4.71. The molecule has 0 aliphatic carbocycles. The highest BCUT2D eigenvalue weighted by Crippen LogP contribution is 2.13. The Labute approximate surface area is 144 Å². The van der Waals surface area contributed by atoms with Gasteiger partial charge < -0.3 is 0 Å². The summed E-state index contributed by atoms with van der Waals surface area (Å²) < 4.78 is 2.04. The molecule has 0 saturated carbocycles. The van der Waals surface area contributed by atoms with E-state index in [0.717, 1.165) is 49.1 Å². The molecule has 0 N–H and O–H groups in total. The molecule has 4 heteroatoms. The van der Waals surface area contributed by atoms with Crippen molar-refractivity contribution in [2.75, 3.05) is 0 Å². The molecule has 2 heterocycles. The maximum Gasteiger partial charge on any atom is 0.161 e. The van der Waals surface area contributed by atoms with Gasteiger partial charge in [0.2, 0.25) is 0 Å². The van der Waals surface area contributed by atoms with Gasteiger partial charge in [-0.3, -0.25) is 0 Å². The smallest absolute Gasteiger partial charge is 0.161 e. The summed E-state index contributed by atoms with van der Waals surface area (Å²) in [5.74, 6) is 0.940. The fourth-order valence-electron chi connectivity index (χ4n) is 2.93. The molecule has 4 nitrogen and oxygen atoms in total. The molecule has 24 heavy (non-hydrogen) atoms. The van der Waals surface area contributed by atoms with Crippen LogP contribution in [0.3, 0.4) is 0 Å². The summed E-state index contributed by atoms with van der Waals surface area (Å²) >= 11 is 0. The van der Waals surface area contributed by atoms with Gasteiger partial charge in [0, 0.05) is 19.2 Å². The van der Waals surface area contributed by atoms with Crippen LogP contribution in [0.25, 0.3) is 11.0 Å². The molecule has 0 fully saturated rings. The van der Waals surface area contributed by atoms with E-state index in [1.807, 2.05) is 17.1 Å². The highest BCUT2D eigenvalue weighted by Gasteiger charge is 2.06. The van der Waals surface area contributed by atoms with Crippen LogP contribution in [0, 0.1) is 0 Å². The fourth-order valence-corrected chi connectivity index (χ4v) is 2.93. The zero-order valence-electron chi connectivity index (χ0n) is 14.5. The molecule has 0 amide bonds. The molecular formula is C20H26N4. The minimum atomic E-state index is 0.933. The first kappa shape index (κ1) is 16.6. The van der Waals surface area contributed by atoms with Gasteiger partial charge in [0.1, 0.15) is 5.82 Å². The summed E-state index contributed by atoms with van der Waals surface area (Å²) in [6.07, 6.45) is 11.8. The van der Waals surface area contributed by atoms with Gasteiger partial charge in [0.05, 0.1) is 11.6 Å². The molecule has 0 radical (unpaired) electrons. The van der Waals surface area contributed by atoms with E-state index in [-0.39, 0.29) is 0 Å². The molecule has 3 aromatic rings. The summed E-state index contributed by atoms with van der Waals surface area (Å²) in [5.41, 5.74) is 2.41. The summed E-state index contributed by atoms with van der Waals surface area (Å²) in [6.45, 7) is 3.13. The summed E-state index contributed by atoms with van der Waals surface area (Å²) in [6, 6.07) is 10.7. The first-order valence-corrected chi connectivity index (χ1v) is 9.08. The van der Waals surface area contributed by atoms with E-state index < -0.39 is 0 Å². The van der Waals surface area contributed by atoms with Crippen molar-refractivity contribution in [2.45, 2.75) is 58.4 Å². The minimum absolute atomic E-state index is 0.933. The van der Waals surface area contributed by atoms with Crippen molar-refractivity contribution in [3.63, 3.8) is 0 Å². The van der Waals surface area contributed by atoms with E-state index >= 15 is 0 Å². The van der Waals surface area contributed by atoms with Gasteiger partial charge in [-0.25, -0.2) is 14.6 Å². The molecule has 0 aliphatic rings. The van der Waals surface area contributed by atoms with Crippen LogP contribution in [0.15, 0.2) is 42.7 Å². The van der Waals surface area contributed by atoms with Gasteiger partial charge in [-0.05, 0) is 31.2 Å². The number of hydrogen-bond donors (Lipinski definition) is 0. The second-order valence-electron chi connectivity index (χ2n) is 6.33. The SMILES string of the molecule is CCCCc1ncc2cnn(CCCCCc3ccccc3)c2n1. The van der Waals surface area contributed by atoms with E-state index in [9.17, 15) is 0 Å². The van der Waals surface area contributed by atoms with E-state index in [4.69, 9.17) is 4.98 Å². The Balaban J connectivity index is 1.51. The van der Waals surface area contributed by atoms with E-state index in [2.05, 4.69) is 47.3 Å². The lowest BCUT2D eigenvalue weighted by atomic mass is 10.1. The molecule has 0 atom stereocenters. The minimum Gasteiger partial charge on any atom is -0.247 e. The van der Waals surface area contributed by atoms with Crippen LogP contribution in [0.1, 0.15) is 50.4 Å². The van der Waals surface area contributed by atoms with Crippen LogP contribution in [0.4, 0.5) is 0 Å². The molecule has 126 valence electrons. The Morgan fingerprint density at radius 1 is 0.917 bits per heavy atom. The fraction of sp³-hybridized carbons (Fsp3) is 0.450. The zero-order valence-corrected chi connectivity index (χ0v) is 14.5. The number of hydrogen-bond acceptors (Lipinski definition) is 3. The van der Waals surface area contributed by atoms with Crippen LogP contribution in [0.5, 0.6) is 0 Å². The lowest BCUT2D eigenvalue weighted by Crippen LogP contribution is -2.03. The highest BCUT2D eigenvalue weighted by atomic mass is 15.3. The van der Waals surface area contributed by atoms with Crippen molar-refractivity contribution in [3.8, 4) is 0 Å². The number of benzene rings is 1. The second kappa shape index (κ2) is 8.57. The van der Waals surface area contributed by atoms with Crippen molar-refractivity contribution < 1.29 is 0 Å². The predicted octanol–water partition coefficient (Wildman–Crippen LogP) is 4.58. The average molecular weight is 322 g/mol. The lowest BCUT2D eigenvalue weighted by Gasteiger charge is -2.05. The predicted molar refractivity (Wildman–Crippen MR) is 97.9 cm³/mol. The third kappa shape index (κ3) is 4.40. The first-order chi connectivity index (χ1) is 11.9. The van der Waals surface area contributed by atoms with Crippen molar-refractivity contribution in [3.05, 3.63) is 54.1 Å². The Morgan fingerprint density at radius 3 is 2.62 bits per heavy atom. The van der Waals surface area contributed by atoms with E-state index in [1.165, 1.54) is 24.8 Å². The molecule has 0 saturated heterocycles. The van der Waals surface area contributed by atoms with Crippen LogP contribution < -0.4 is 0 Å². The highest BCUT2D eigenvalue weighted by molar-refractivity contribution is 5.73. The normalized spacial score (nSPS) is 11.2. The van der Waals surface area contributed by atoms with Gasteiger partial charge in [-0.1, -0.05) is 50.1 Å². The molecule has 0 spiro atoms. The van der Waals surface area contributed by atoms with Crippen molar-refractivity contribution in [2.24, 2.45) is 0 Å². The molecular weight excluding hydrogens is 296 g/mol. The Hall–Kier alpha value is -2.23. The summed E-state index contributed by atoms with van der Waals surface area (Å²) in [4.78, 5) is 9.15. The molecule has 1 aromatic carbocycles. The van der Waals surface area contributed by atoms with Gasteiger partial charge in [-0.15, -0.1) is 0 Å². The molecule has 3 rings (SSSR count). The van der Waals surface area contributed by atoms with Gasteiger partial charge >= 0.3 is 0 Å². The molecule has 0 unspecified atom stereocenters. The Kier molecular flexibility index (Phi) is 5.94. The number of fused-ring (bicyclic) bond motifs is 1. The Morgan fingerprint density at radius 2 is 1.79 bits per heavy atom. The van der Waals surface area contributed by atoms with E-state index in [1.54, 1.807) is 0 Å². The Bertz CT molecular complexity index is 749. The van der Waals surface area contributed by atoms with Crippen molar-refractivity contribution >= 4 is 11.0 Å². The first-order valence-electron chi connectivity index (χ1n) is 9.08. The van der Waals surface area contributed by atoms with Gasteiger partial charge in [0.15, 0.2) is 5.65 Å². The average Bonchev–Trinajstić information content (AvgIpc) is 3.03. The van der Waals surface area contributed by atoms with Crippen LogP contribution >= 0.6 is 0 Å². The van der Waals surface area contributed by atoms with Crippen molar-refractivity contribution in [1.29, 1.82) is 0 Å². The third-order valence-corrected chi connectivity index (χ3v) is 4.36. The quantitative estimate of drug-likeness (QED) is 0.542. The second-order valence-corrected chi connectivity index (χ2v) is 6.33. The number of nitrogens with zero attached hydrogens (tertiary/aromatic N) is 4.